The Hall–Kier alpha value is -2.62. The minimum Gasteiger partial charge on any atom is -0.354 e. The van der Waals surface area contributed by atoms with Crippen molar-refractivity contribution < 1.29 is 9.59 Å². The molecule has 0 aromatic heterocycles. The second-order valence-electron chi connectivity index (χ2n) is 6.38. The molecular weight excluding hydrogens is 312 g/mol. The van der Waals surface area contributed by atoms with E-state index in [9.17, 15) is 9.59 Å². The molecule has 4 nitrogen and oxygen atoms in total. The second kappa shape index (κ2) is 9.02. The van der Waals surface area contributed by atoms with Crippen LogP contribution in [0.25, 0.3) is 0 Å². The molecule has 25 heavy (non-hydrogen) atoms. The number of carbonyl (C=O) groups is 2. The Labute approximate surface area is 149 Å². The van der Waals surface area contributed by atoms with Crippen LogP contribution >= 0.6 is 0 Å². The first-order chi connectivity index (χ1) is 12.0. The molecule has 0 atom stereocenters. The molecule has 2 amide bonds. The molecule has 0 spiro atoms. The minimum absolute atomic E-state index is 0.00789. The van der Waals surface area contributed by atoms with Gasteiger partial charge in [-0.2, -0.15) is 0 Å². The van der Waals surface area contributed by atoms with Gasteiger partial charge in [0, 0.05) is 18.2 Å². The summed E-state index contributed by atoms with van der Waals surface area (Å²) in [4.78, 5) is 26.0. The third kappa shape index (κ3) is 5.75. The van der Waals surface area contributed by atoms with Crippen molar-refractivity contribution >= 4 is 17.5 Å². The molecule has 0 aliphatic carbocycles. The molecule has 2 aromatic carbocycles. The maximum absolute atomic E-state index is 12.4. The van der Waals surface area contributed by atoms with Gasteiger partial charge in [-0.3, -0.25) is 9.59 Å². The van der Waals surface area contributed by atoms with E-state index in [2.05, 4.69) is 5.32 Å². The van der Waals surface area contributed by atoms with Gasteiger partial charge in [-0.05, 0) is 37.1 Å². The van der Waals surface area contributed by atoms with E-state index in [4.69, 9.17) is 0 Å². The van der Waals surface area contributed by atoms with Crippen LogP contribution in [0.2, 0.25) is 0 Å². The summed E-state index contributed by atoms with van der Waals surface area (Å²) in [5.74, 6) is 0.0858. The van der Waals surface area contributed by atoms with E-state index in [1.54, 1.807) is 4.90 Å². The number of rotatable bonds is 7. The predicted octanol–water partition coefficient (Wildman–Crippen LogP) is 3.70. The molecule has 132 valence electrons. The minimum atomic E-state index is 0.00789. The lowest BCUT2D eigenvalue weighted by atomic mass is 10.1. The van der Waals surface area contributed by atoms with Crippen LogP contribution in [0.15, 0.2) is 54.6 Å². The number of carbonyl (C=O) groups excluding carboxylic acids is 2. The summed E-state index contributed by atoms with van der Waals surface area (Å²) >= 11 is 0. The van der Waals surface area contributed by atoms with E-state index >= 15 is 0 Å². The van der Waals surface area contributed by atoms with Crippen LogP contribution in [-0.4, -0.2) is 17.9 Å². The van der Waals surface area contributed by atoms with Crippen molar-refractivity contribution in [3.05, 3.63) is 65.7 Å². The molecule has 0 fully saturated rings. The van der Waals surface area contributed by atoms with Crippen LogP contribution in [-0.2, 0) is 22.6 Å². The maximum Gasteiger partial charge on any atom is 0.227 e. The molecule has 4 heteroatoms. The van der Waals surface area contributed by atoms with Gasteiger partial charge in [0.05, 0.1) is 13.0 Å². The second-order valence-corrected chi connectivity index (χ2v) is 6.38. The third-order valence-corrected chi connectivity index (χ3v) is 3.85. The normalized spacial score (nSPS) is 10.6. The Balaban J connectivity index is 2.12. The number of nitrogens with one attached hydrogen (secondary N) is 1. The molecule has 0 bridgehead atoms. The van der Waals surface area contributed by atoms with Crippen LogP contribution < -0.4 is 10.2 Å². The molecule has 0 radical (unpaired) electrons. The van der Waals surface area contributed by atoms with E-state index in [1.807, 2.05) is 75.4 Å². The first kappa shape index (κ1) is 18.7. The van der Waals surface area contributed by atoms with Crippen LogP contribution in [0.4, 0.5) is 5.69 Å². The number of anilines is 1. The van der Waals surface area contributed by atoms with Gasteiger partial charge in [-0.25, -0.2) is 0 Å². The van der Waals surface area contributed by atoms with E-state index < -0.39 is 0 Å². The zero-order valence-corrected chi connectivity index (χ0v) is 15.2. The number of hydrogen-bond donors (Lipinski definition) is 1. The Morgan fingerprint density at radius 1 is 0.960 bits per heavy atom. The maximum atomic E-state index is 12.4. The number of benzene rings is 2. The van der Waals surface area contributed by atoms with Crippen molar-refractivity contribution in [2.45, 2.75) is 46.2 Å². The Bertz CT molecular complexity index is 694. The zero-order valence-electron chi connectivity index (χ0n) is 15.2. The summed E-state index contributed by atoms with van der Waals surface area (Å²) < 4.78 is 0. The van der Waals surface area contributed by atoms with Gasteiger partial charge in [-0.1, -0.05) is 49.4 Å². The molecular formula is C21H26N2O2. The predicted molar refractivity (Wildman–Crippen MR) is 101 cm³/mol. The number of nitrogens with zero attached hydrogens (tertiary/aromatic N) is 1. The van der Waals surface area contributed by atoms with Crippen LogP contribution in [0.5, 0.6) is 0 Å². The lowest BCUT2D eigenvalue weighted by Crippen LogP contribution is -2.31. The summed E-state index contributed by atoms with van der Waals surface area (Å²) in [6, 6.07) is 17.7. The molecule has 2 aromatic rings. The van der Waals surface area contributed by atoms with Crippen molar-refractivity contribution in [2.24, 2.45) is 0 Å². The quantitative estimate of drug-likeness (QED) is 0.837. The van der Waals surface area contributed by atoms with Crippen molar-refractivity contribution in [2.75, 3.05) is 4.90 Å². The smallest absolute Gasteiger partial charge is 0.227 e. The van der Waals surface area contributed by atoms with E-state index in [0.717, 1.165) is 16.8 Å². The highest BCUT2D eigenvalue weighted by molar-refractivity contribution is 5.93. The fraction of sp³-hybridized carbons (Fsp3) is 0.333. The first-order valence-electron chi connectivity index (χ1n) is 8.72. The Morgan fingerprint density at radius 2 is 1.60 bits per heavy atom. The molecule has 0 unspecified atom stereocenters. The Morgan fingerprint density at radius 3 is 2.16 bits per heavy atom. The Kier molecular flexibility index (Phi) is 6.75. The highest BCUT2D eigenvalue weighted by Gasteiger charge is 2.15. The monoisotopic (exact) mass is 338 g/mol. The van der Waals surface area contributed by atoms with Crippen molar-refractivity contribution in [1.82, 2.24) is 5.32 Å². The zero-order chi connectivity index (χ0) is 18.2. The van der Waals surface area contributed by atoms with Crippen molar-refractivity contribution in [3.63, 3.8) is 0 Å². The van der Waals surface area contributed by atoms with Crippen molar-refractivity contribution in [1.29, 1.82) is 0 Å². The fourth-order valence-corrected chi connectivity index (χ4v) is 2.63. The highest BCUT2D eigenvalue weighted by atomic mass is 16.2. The first-order valence-corrected chi connectivity index (χ1v) is 8.72. The summed E-state index contributed by atoms with van der Waals surface area (Å²) in [7, 11) is 0. The van der Waals surface area contributed by atoms with E-state index in [-0.39, 0.29) is 17.9 Å². The standard InChI is InChI=1S/C21H26N2O2/c1-4-21(25)23(15-18-8-6-5-7-9-18)19-12-10-17(11-13-19)14-20(24)22-16(2)3/h5-13,16H,4,14-15H2,1-3H3,(H,22,24). The van der Waals surface area contributed by atoms with E-state index in [0.29, 0.717) is 19.4 Å². The molecule has 0 aliphatic rings. The van der Waals surface area contributed by atoms with Gasteiger partial charge >= 0.3 is 0 Å². The summed E-state index contributed by atoms with van der Waals surface area (Å²) in [5, 5.41) is 2.89. The fourth-order valence-electron chi connectivity index (χ4n) is 2.63. The van der Waals surface area contributed by atoms with Crippen LogP contribution in [0, 0.1) is 0 Å². The van der Waals surface area contributed by atoms with Gasteiger partial charge in [0.15, 0.2) is 0 Å². The van der Waals surface area contributed by atoms with Gasteiger partial charge in [0.25, 0.3) is 0 Å². The van der Waals surface area contributed by atoms with Gasteiger partial charge in [0.2, 0.25) is 11.8 Å². The summed E-state index contributed by atoms with van der Waals surface area (Å²) in [5.41, 5.74) is 2.87. The third-order valence-electron chi connectivity index (χ3n) is 3.85. The average Bonchev–Trinajstić information content (AvgIpc) is 2.60. The average molecular weight is 338 g/mol. The van der Waals surface area contributed by atoms with Gasteiger partial charge in [0.1, 0.15) is 0 Å². The summed E-state index contributed by atoms with van der Waals surface area (Å²) in [6.45, 7) is 6.29. The lowest BCUT2D eigenvalue weighted by Gasteiger charge is -2.23. The van der Waals surface area contributed by atoms with Gasteiger partial charge < -0.3 is 10.2 Å². The van der Waals surface area contributed by atoms with Crippen LogP contribution in [0.1, 0.15) is 38.3 Å². The molecule has 2 rings (SSSR count). The van der Waals surface area contributed by atoms with E-state index in [1.165, 1.54) is 0 Å². The highest BCUT2D eigenvalue weighted by Crippen LogP contribution is 2.19. The summed E-state index contributed by atoms with van der Waals surface area (Å²) in [6.07, 6.45) is 0.796. The molecule has 0 aliphatic heterocycles. The topological polar surface area (TPSA) is 49.4 Å². The molecule has 0 heterocycles. The number of amides is 2. The molecule has 1 N–H and O–H groups in total. The van der Waals surface area contributed by atoms with Crippen LogP contribution in [0.3, 0.4) is 0 Å². The largest absolute Gasteiger partial charge is 0.354 e. The molecule has 0 saturated carbocycles. The molecule has 0 saturated heterocycles. The van der Waals surface area contributed by atoms with Crippen molar-refractivity contribution in [3.8, 4) is 0 Å². The SMILES string of the molecule is CCC(=O)N(Cc1ccccc1)c1ccc(CC(=O)NC(C)C)cc1. The number of hydrogen-bond acceptors (Lipinski definition) is 2. The lowest BCUT2D eigenvalue weighted by molar-refractivity contribution is -0.121. The van der Waals surface area contributed by atoms with Gasteiger partial charge in [-0.15, -0.1) is 0 Å².